The number of benzene rings is 2. The number of hydrogen-bond acceptors (Lipinski definition) is 1. The number of aromatic nitrogens is 1. The van der Waals surface area contributed by atoms with Gasteiger partial charge in [-0.05, 0) is 29.3 Å². The molecule has 3 aromatic rings. The SMILES string of the molecule is NCC(c1ccccc1)c1c[nH]c2ccc(F)cc12. The van der Waals surface area contributed by atoms with Crippen LogP contribution in [0.4, 0.5) is 4.39 Å². The molecule has 2 nitrogen and oxygen atoms in total. The number of nitrogens with one attached hydrogen (secondary N) is 1. The number of halogens is 1. The van der Waals surface area contributed by atoms with E-state index in [1.807, 2.05) is 24.4 Å². The first kappa shape index (κ1) is 11.9. The van der Waals surface area contributed by atoms with Crippen LogP contribution in [0.5, 0.6) is 0 Å². The highest BCUT2D eigenvalue weighted by molar-refractivity contribution is 5.84. The zero-order valence-electron chi connectivity index (χ0n) is 10.4. The third-order valence-corrected chi connectivity index (χ3v) is 3.49. The quantitative estimate of drug-likeness (QED) is 0.739. The maximum atomic E-state index is 13.4. The second kappa shape index (κ2) is 4.86. The van der Waals surface area contributed by atoms with Crippen molar-refractivity contribution in [2.24, 2.45) is 5.73 Å². The molecule has 0 aliphatic heterocycles. The predicted molar refractivity (Wildman–Crippen MR) is 75.6 cm³/mol. The molecule has 1 unspecified atom stereocenters. The molecule has 3 N–H and O–H groups in total. The van der Waals surface area contributed by atoms with E-state index >= 15 is 0 Å². The maximum absolute atomic E-state index is 13.4. The average molecular weight is 254 g/mol. The molecule has 96 valence electrons. The summed E-state index contributed by atoms with van der Waals surface area (Å²) in [6, 6.07) is 14.8. The van der Waals surface area contributed by atoms with Crippen LogP contribution < -0.4 is 5.73 Å². The Morgan fingerprint density at radius 3 is 2.63 bits per heavy atom. The number of H-pyrrole nitrogens is 1. The van der Waals surface area contributed by atoms with Gasteiger partial charge in [0.1, 0.15) is 5.82 Å². The van der Waals surface area contributed by atoms with Crippen molar-refractivity contribution in [1.29, 1.82) is 0 Å². The summed E-state index contributed by atoms with van der Waals surface area (Å²) >= 11 is 0. The minimum Gasteiger partial charge on any atom is -0.361 e. The lowest BCUT2D eigenvalue weighted by molar-refractivity contribution is 0.629. The molecular weight excluding hydrogens is 239 g/mol. The van der Waals surface area contributed by atoms with Crippen LogP contribution in [0.2, 0.25) is 0 Å². The predicted octanol–water partition coefficient (Wildman–Crippen LogP) is 3.40. The monoisotopic (exact) mass is 254 g/mol. The molecule has 0 spiro atoms. The highest BCUT2D eigenvalue weighted by Crippen LogP contribution is 2.30. The Kier molecular flexibility index (Phi) is 3.05. The van der Waals surface area contributed by atoms with Crippen molar-refractivity contribution in [3.8, 4) is 0 Å². The lowest BCUT2D eigenvalue weighted by Crippen LogP contribution is -2.13. The molecule has 1 aromatic heterocycles. The van der Waals surface area contributed by atoms with Crippen molar-refractivity contribution in [3.63, 3.8) is 0 Å². The molecule has 0 saturated carbocycles. The van der Waals surface area contributed by atoms with Gasteiger partial charge in [0.25, 0.3) is 0 Å². The van der Waals surface area contributed by atoms with Crippen LogP contribution in [0.15, 0.2) is 54.7 Å². The van der Waals surface area contributed by atoms with Gasteiger partial charge in [-0.3, -0.25) is 0 Å². The van der Waals surface area contributed by atoms with Gasteiger partial charge in [0, 0.05) is 29.6 Å². The van der Waals surface area contributed by atoms with Gasteiger partial charge in [0.15, 0.2) is 0 Å². The normalized spacial score (nSPS) is 12.7. The van der Waals surface area contributed by atoms with Crippen LogP contribution >= 0.6 is 0 Å². The van der Waals surface area contributed by atoms with E-state index in [2.05, 4.69) is 17.1 Å². The molecule has 19 heavy (non-hydrogen) atoms. The van der Waals surface area contributed by atoms with Crippen LogP contribution in [0, 0.1) is 5.82 Å². The van der Waals surface area contributed by atoms with E-state index in [1.165, 1.54) is 6.07 Å². The van der Waals surface area contributed by atoms with Crippen LogP contribution in [0.1, 0.15) is 17.0 Å². The van der Waals surface area contributed by atoms with E-state index in [9.17, 15) is 4.39 Å². The first-order chi connectivity index (χ1) is 9.29. The van der Waals surface area contributed by atoms with E-state index in [0.717, 1.165) is 22.0 Å². The summed E-state index contributed by atoms with van der Waals surface area (Å²) in [7, 11) is 0. The largest absolute Gasteiger partial charge is 0.361 e. The molecule has 3 rings (SSSR count). The smallest absolute Gasteiger partial charge is 0.123 e. The number of nitrogens with two attached hydrogens (primary N) is 1. The van der Waals surface area contributed by atoms with Crippen LogP contribution in [-0.4, -0.2) is 11.5 Å². The molecule has 1 atom stereocenters. The van der Waals surface area contributed by atoms with Crippen molar-refractivity contribution in [2.75, 3.05) is 6.54 Å². The van der Waals surface area contributed by atoms with Crippen LogP contribution in [0.3, 0.4) is 0 Å². The molecule has 1 heterocycles. The molecule has 0 saturated heterocycles. The van der Waals surface area contributed by atoms with E-state index in [0.29, 0.717) is 6.54 Å². The number of rotatable bonds is 3. The Labute approximate surface area is 111 Å². The van der Waals surface area contributed by atoms with Gasteiger partial charge >= 0.3 is 0 Å². The zero-order chi connectivity index (χ0) is 13.2. The summed E-state index contributed by atoms with van der Waals surface area (Å²) in [5.74, 6) is -0.145. The highest BCUT2D eigenvalue weighted by Gasteiger charge is 2.16. The Bertz CT molecular complexity index is 688. The zero-order valence-corrected chi connectivity index (χ0v) is 10.4. The van der Waals surface area contributed by atoms with Crippen molar-refractivity contribution >= 4 is 10.9 Å². The summed E-state index contributed by atoms with van der Waals surface area (Å²) in [5.41, 5.74) is 9.05. The summed E-state index contributed by atoms with van der Waals surface area (Å²) < 4.78 is 13.4. The third-order valence-electron chi connectivity index (χ3n) is 3.49. The molecule has 2 aromatic carbocycles. The lowest BCUT2D eigenvalue weighted by Gasteiger charge is -2.14. The maximum Gasteiger partial charge on any atom is 0.123 e. The molecule has 0 amide bonds. The second-order valence-corrected chi connectivity index (χ2v) is 4.63. The van der Waals surface area contributed by atoms with Gasteiger partial charge in [0.05, 0.1) is 0 Å². The Hall–Kier alpha value is -2.13. The highest BCUT2D eigenvalue weighted by atomic mass is 19.1. The van der Waals surface area contributed by atoms with Gasteiger partial charge in [0.2, 0.25) is 0 Å². The summed E-state index contributed by atoms with van der Waals surface area (Å²) in [6.45, 7) is 0.494. The van der Waals surface area contributed by atoms with E-state index in [1.54, 1.807) is 12.1 Å². The van der Waals surface area contributed by atoms with Gasteiger partial charge in [-0.1, -0.05) is 30.3 Å². The van der Waals surface area contributed by atoms with Crippen molar-refractivity contribution in [1.82, 2.24) is 4.98 Å². The van der Waals surface area contributed by atoms with Crippen LogP contribution in [0.25, 0.3) is 10.9 Å². The number of hydrogen-bond donors (Lipinski definition) is 2. The molecule has 0 bridgehead atoms. The van der Waals surface area contributed by atoms with E-state index in [-0.39, 0.29) is 11.7 Å². The number of aromatic amines is 1. The number of fused-ring (bicyclic) bond motifs is 1. The van der Waals surface area contributed by atoms with Crippen molar-refractivity contribution in [2.45, 2.75) is 5.92 Å². The molecule has 0 radical (unpaired) electrons. The first-order valence-electron chi connectivity index (χ1n) is 6.31. The lowest BCUT2D eigenvalue weighted by atomic mass is 9.91. The molecular formula is C16H15FN2. The third kappa shape index (κ3) is 2.13. The summed E-state index contributed by atoms with van der Waals surface area (Å²) in [5, 5.41) is 0.902. The van der Waals surface area contributed by atoms with E-state index < -0.39 is 0 Å². The summed E-state index contributed by atoms with van der Waals surface area (Å²) in [6.07, 6.45) is 1.93. The minimum atomic E-state index is -0.225. The minimum absolute atomic E-state index is 0.0803. The fourth-order valence-electron chi connectivity index (χ4n) is 2.53. The fraction of sp³-hybridized carbons (Fsp3) is 0.125. The Balaban J connectivity index is 2.14. The molecule has 3 heteroatoms. The van der Waals surface area contributed by atoms with Crippen LogP contribution in [-0.2, 0) is 0 Å². The van der Waals surface area contributed by atoms with Gasteiger partial charge in [-0.15, -0.1) is 0 Å². The van der Waals surface area contributed by atoms with Gasteiger partial charge in [-0.2, -0.15) is 0 Å². The molecule has 0 fully saturated rings. The fourth-order valence-corrected chi connectivity index (χ4v) is 2.53. The Morgan fingerprint density at radius 1 is 1.11 bits per heavy atom. The van der Waals surface area contributed by atoms with Crippen molar-refractivity contribution < 1.29 is 4.39 Å². The van der Waals surface area contributed by atoms with Gasteiger partial charge < -0.3 is 10.7 Å². The summed E-state index contributed by atoms with van der Waals surface area (Å²) in [4.78, 5) is 3.18. The van der Waals surface area contributed by atoms with Gasteiger partial charge in [-0.25, -0.2) is 4.39 Å². The average Bonchev–Trinajstić information content (AvgIpc) is 2.84. The molecule has 0 aliphatic carbocycles. The topological polar surface area (TPSA) is 41.8 Å². The second-order valence-electron chi connectivity index (χ2n) is 4.63. The molecule has 0 aliphatic rings. The standard InChI is InChI=1S/C16H15FN2/c17-12-6-7-16-13(8-12)15(10-19-16)14(9-18)11-4-2-1-3-5-11/h1-8,10,14,19H,9,18H2. The Morgan fingerprint density at radius 2 is 1.89 bits per heavy atom. The van der Waals surface area contributed by atoms with E-state index in [4.69, 9.17) is 5.73 Å². The van der Waals surface area contributed by atoms with Crippen molar-refractivity contribution in [3.05, 3.63) is 71.7 Å². The first-order valence-corrected chi connectivity index (χ1v) is 6.31.